The van der Waals surface area contributed by atoms with Crippen molar-refractivity contribution in [3.63, 3.8) is 0 Å². The number of guanidine groups is 1. The fraction of sp³-hybridized carbons (Fsp3) is 0.435. The molecule has 2 aliphatic rings. The van der Waals surface area contributed by atoms with Crippen molar-refractivity contribution in [1.29, 1.82) is 0 Å². The highest BCUT2D eigenvalue weighted by molar-refractivity contribution is 14.0. The average molecular weight is 523 g/mol. The van der Waals surface area contributed by atoms with Crippen LogP contribution in [0.5, 0.6) is 17.2 Å². The van der Waals surface area contributed by atoms with Gasteiger partial charge in [-0.2, -0.15) is 0 Å². The number of ether oxygens (including phenoxy) is 2. The molecule has 0 radical (unpaired) electrons. The summed E-state index contributed by atoms with van der Waals surface area (Å²) in [7, 11) is 3.38. The van der Waals surface area contributed by atoms with E-state index in [2.05, 4.69) is 27.8 Å². The van der Waals surface area contributed by atoms with Gasteiger partial charge in [0.1, 0.15) is 22.8 Å². The first-order chi connectivity index (χ1) is 14.1. The van der Waals surface area contributed by atoms with Crippen molar-refractivity contribution in [2.45, 2.75) is 50.3 Å². The monoisotopic (exact) mass is 523 g/mol. The van der Waals surface area contributed by atoms with Crippen molar-refractivity contribution in [2.75, 3.05) is 14.2 Å². The SMILES string of the molecule is CN=C(NCc1cc(OC)ccc1O)NC1CC2(CCCC2)Oc2ccccc21.I. The number of halogens is 1. The van der Waals surface area contributed by atoms with Gasteiger partial charge < -0.3 is 25.2 Å². The Labute approximate surface area is 195 Å². The standard InChI is InChI=1S/C23H29N3O3.HI/c1-24-22(25-15-16-13-17(28-2)9-10-20(16)27)26-19-14-23(11-5-6-12-23)29-21-8-4-3-7-18(19)21;/h3-4,7-10,13,19,27H,5-6,11-12,14-15H2,1-2H3,(H2,24,25,26);1H. The Hall–Kier alpha value is -2.16. The number of para-hydroxylation sites is 1. The molecule has 0 amide bonds. The average Bonchev–Trinajstić information content (AvgIpc) is 3.19. The normalized spacial score (nSPS) is 19.4. The molecule has 0 bridgehead atoms. The third-order valence-corrected chi connectivity index (χ3v) is 5.98. The topological polar surface area (TPSA) is 75.1 Å². The number of nitrogens with one attached hydrogen (secondary N) is 2. The minimum absolute atomic E-state index is 0. The summed E-state index contributed by atoms with van der Waals surface area (Å²) >= 11 is 0. The van der Waals surface area contributed by atoms with Gasteiger partial charge in [0.05, 0.1) is 13.2 Å². The maximum Gasteiger partial charge on any atom is 0.191 e. The Morgan fingerprint density at radius 2 is 2.00 bits per heavy atom. The molecule has 0 saturated heterocycles. The molecule has 1 spiro atoms. The first kappa shape index (κ1) is 22.5. The van der Waals surface area contributed by atoms with Gasteiger partial charge in [-0.3, -0.25) is 4.99 Å². The highest BCUT2D eigenvalue weighted by Gasteiger charge is 2.43. The molecule has 1 aliphatic carbocycles. The lowest BCUT2D eigenvalue weighted by Gasteiger charge is -2.40. The van der Waals surface area contributed by atoms with E-state index >= 15 is 0 Å². The van der Waals surface area contributed by atoms with E-state index in [4.69, 9.17) is 9.47 Å². The maximum absolute atomic E-state index is 10.1. The molecule has 4 rings (SSSR count). The van der Waals surface area contributed by atoms with Gasteiger partial charge in [-0.1, -0.05) is 18.2 Å². The zero-order valence-corrected chi connectivity index (χ0v) is 19.8. The van der Waals surface area contributed by atoms with Gasteiger partial charge in [-0.25, -0.2) is 0 Å². The molecule has 6 nitrogen and oxygen atoms in total. The zero-order chi connectivity index (χ0) is 20.3. The van der Waals surface area contributed by atoms with Crippen LogP contribution in [-0.4, -0.2) is 30.8 Å². The van der Waals surface area contributed by atoms with Gasteiger partial charge in [-0.05, 0) is 49.9 Å². The molecule has 162 valence electrons. The summed E-state index contributed by atoms with van der Waals surface area (Å²) in [6, 6.07) is 13.6. The van der Waals surface area contributed by atoms with E-state index in [-0.39, 0.29) is 41.4 Å². The van der Waals surface area contributed by atoms with Crippen LogP contribution in [0, 0.1) is 0 Å². The first-order valence-electron chi connectivity index (χ1n) is 10.2. The lowest BCUT2D eigenvalue weighted by Crippen LogP contribution is -2.46. The molecule has 7 heteroatoms. The van der Waals surface area contributed by atoms with Crippen LogP contribution in [0.25, 0.3) is 0 Å². The quantitative estimate of drug-likeness (QED) is 0.312. The number of hydrogen-bond acceptors (Lipinski definition) is 4. The molecule has 1 unspecified atom stereocenters. The number of fused-ring (bicyclic) bond motifs is 1. The van der Waals surface area contributed by atoms with Crippen molar-refractivity contribution in [3.05, 3.63) is 53.6 Å². The van der Waals surface area contributed by atoms with Crippen LogP contribution < -0.4 is 20.1 Å². The van der Waals surface area contributed by atoms with E-state index in [0.717, 1.165) is 36.1 Å². The van der Waals surface area contributed by atoms with Crippen LogP contribution in [0.1, 0.15) is 49.3 Å². The van der Waals surface area contributed by atoms with E-state index in [1.807, 2.05) is 18.2 Å². The van der Waals surface area contributed by atoms with Gasteiger partial charge >= 0.3 is 0 Å². The molecule has 1 atom stereocenters. The van der Waals surface area contributed by atoms with E-state index in [1.165, 1.54) is 12.8 Å². The van der Waals surface area contributed by atoms with Crippen molar-refractivity contribution < 1.29 is 14.6 Å². The van der Waals surface area contributed by atoms with Crippen molar-refractivity contribution >= 4 is 29.9 Å². The van der Waals surface area contributed by atoms with Crippen molar-refractivity contribution in [1.82, 2.24) is 10.6 Å². The lowest BCUT2D eigenvalue weighted by molar-refractivity contribution is 0.0396. The number of hydrogen-bond donors (Lipinski definition) is 3. The fourth-order valence-electron chi connectivity index (χ4n) is 4.44. The third kappa shape index (κ3) is 4.77. The predicted molar refractivity (Wildman–Crippen MR) is 129 cm³/mol. The lowest BCUT2D eigenvalue weighted by atomic mass is 9.86. The summed E-state index contributed by atoms with van der Waals surface area (Å²) in [6.07, 6.45) is 5.57. The second kappa shape index (κ2) is 9.76. The molecule has 1 fully saturated rings. The summed E-state index contributed by atoms with van der Waals surface area (Å²) in [5.41, 5.74) is 1.85. The van der Waals surface area contributed by atoms with E-state index in [1.54, 1.807) is 26.3 Å². The molecule has 1 saturated carbocycles. The Bertz CT molecular complexity index is 897. The largest absolute Gasteiger partial charge is 0.508 e. The summed E-state index contributed by atoms with van der Waals surface area (Å²) in [5.74, 6) is 2.61. The van der Waals surface area contributed by atoms with Gasteiger partial charge in [-0.15, -0.1) is 24.0 Å². The zero-order valence-electron chi connectivity index (χ0n) is 17.5. The Kier molecular flexibility index (Phi) is 7.33. The van der Waals surface area contributed by atoms with Gasteiger partial charge in [0, 0.05) is 31.1 Å². The number of methoxy groups -OCH3 is 1. The number of aromatic hydroxyl groups is 1. The molecule has 3 N–H and O–H groups in total. The molecule has 30 heavy (non-hydrogen) atoms. The number of aliphatic imine (C=N–C) groups is 1. The number of phenols is 1. The number of rotatable bonds is 4. The molecular weight excluding hydrogens is 493 g/mol. The molecule has 0 aromatic heterocycles. The van der Waals surface area contributed by atoms with Crippen LogP contribution in [0.2, 0.25) is 0 Å². The highest BCUT2D eigenvalue weighted by Crippen LogP contribution is 2.46. The Morgan fingerprint density at radius 1 is 1.23 bits per heavy atom. The number of benzene rings is 2. The second-order valence-corrected chi connectivity index (χ2v) is 7.85. The van der Waals surface area contributed by atoms with Crippen LogP contribution in [-0.2, 0) is 6.54 Å². The van der Waals surface area contributed by atoms with E-state index in [9.17, 15) is 5.11 Å². The summed E-state index contributed by atoms with van der Waals surface area (Å²) in [5, 5.41) is 17.0. The van der Waals surface area contributed by atoms with Crippen molar-refractivity contribution in [2.24, 2.45) is 4.99 Å². The summed E-state index contributed by atoms with van der Waals surface area (Å²) < 4.78 is 11.7. The Balaban J connectivity index is 0.00000256. The molecule has 2 aromatic rings. The second-order valence-electron chi connectivity index (χ2n) is 7.85. The highest BCUT2D eigenvalue weighted by atomic mass is 127. The minimum atomic E-state index is -0.0735. The summed E-state index contributed by atoms with van der Waals surface area (Å²) in [4.78, 5) is 4.40. The smallest absolute Gasteiger partial charge is 0.191 e. The number of phenolic OH excluding ortho intramolecular Hbond substituents is 1. The van der Waals surface area contributed by atoms with Crippen LogP contribution in [0.3, 0.4) is 0 Å². The minimum Gasteiger partial charge on any atom is -0.508 e. The molecule has 1 heterocycles. The summed E-state index contributed by atoms with van der Waals surface area (Å²) in [6.45, 7) is 0.443. The third-order valence-electron chi connectivity index (χ3n) is 5.98. The van der Waals surface area contributed by atoms with Crippen LogP contribution >= 0.6 is 24.0 Å². The van der Waals surface area contributed by atoms with Gasteiger partial charge in [0.25, 0.3) is 0 Å². The first-order valence-corrected chi connectivity index (χ1v) is 10.2. The fourth-order valence-corrected chi connectivity index (χ4v) is 4.44. The van der Waals surface area contributed by atoms with E-state index < -0.39 is 0 Å². The molecular formula is C23H30IN3O3. The van der Waals surface area contributed by atoms with Gasteiger partial charge in [0.2, 0.25) is 0 Å². The van der Waals surface area contributed by atoms with Crippen LogP contribution in [0.4, 0.5) is 0 Å². The molecule has 1 aliphatic heterocycles. The van der Waals surface area contributed by atoms with E-state index in [0.29, 0.717) is 18.3 Å². The number of nitrogens with zero attached hydrogens (tertiary/aromatic N) is 1. The van der Waals surface area contributed by atoms with Crippen LogP contribution in [0.15, 0.2) is 47.5 Å². The maximum atomic E-state index is 10.1. The van der Waals surface area contributed by atoms with Crippen molar-refractivity contribution in [3.8, 4) is 17.2 Å². The van der Waals surface area contributed by atoms with Gasteiger partial charge in [0.15, 0.2) is 5.96 Å². The molecule has 2 aromatic carbocycles. The Morgan fingerprint density at radius 3 is 2.73 bits per heavy atom. The predicted octanol–water partition coefficient (Wildman–Crippen LogP) is 4.52.